The summed E-state index contributed by atoms with van der Waals surface area (Å²) in [5.74, 6) is 0. The van der Waals surface area contributed by atoms with E-state index >= 15 is 0 Å². The fourth-order valence-electron chi connectivity index (χ4n) is 1.87. The molecule has 84 valence electrons. The van der Waals surface area contributed by atoms with Crippen LogP contribution in [0.25, 0.3) is 0 Å². The molecule has 1 unspecified atom stereocenters. The van der Waals surface area contributed by atoms with Crippen LogP contribution < -0.4 is 5.73 Å². The Bertz CT molecular complexity index is 484. The fourth-order valence-corrected chi connectivity index (χ4v) is 3.52. The second-order valence-corrected chi connectivity index (χ2v) is 5.83. The van der Waals surface area contributed by atoms with Crippen molar-refractivity contribution >= 4 is 27.3 Å². The van der Waals surface area contributed by atoms with Gasteiger partial charge in [-0.15, -0.1) is 11.3 Å². The number of aryl methyl sites for hydroxylation is 2. The van der Waals surface area contributed by atoms with Gasteiger partial charge in [0.2, 0.25) is 0 Å². The first kappa shape index (κ1) is 11.8. The van der Waals surface area contributed by atoms with Gasteiger partial charge < -0.3 is 5.73 Å². The van der Waals surface area contributed by atoms with Crippen molar-refractivity contribution in [3.8, 4) is 0 Å². The van der Waals surface area contributed by atoms with Gasteiger partial charge in [-0.2, -0.15) is 0 Å². The van der Waals surface area contributed by atoms with Crippen LogP contribution in [0.15, 0.2) is 34.1 Å². The van der Waals surface area contributed by atoms with Gasteiger partial charge in [0, 0.05) is 9.35 Å². The van der Waals surface area contributed by atoms with Crippen LogP contribution in [0.2, 0.25) is 0 Å². The Balaban J connectivity index is 2.41. The SMILES string of the molecule is Cc1cc(C)cc(C(N)c2sccc2Br)c1. The smallest absolute Gasteiger partial charge is 0.0657 e. The summed E-state index contributed by atoms with van der Waals surface area (Å²) >= 11 is 5.22. The monoisotopic (exact) mass is 295 g/mol. The van der Waals surface area contributed by atoms with E-state index in [9.17, 15) is 0 Å². The van der Waals surface area contributed by atoms with Crippen molar-refractivity contribution in [2.45, 2.75) is 19.9 Å². The molecule has 0 amide bonds. The molecule has 2 aromatic rings. The molecule has 3 heteroatoms. The van der Waals surface area contributed by atoms with Crippen LogP contribution in [0.4, 0.5) is 0 Å². The van der Waals surface area contributed by atoms with Gasteiger partial charge in [0.05, 0.1) is 6.04 Å². The van der Waals surface area contributed by atoms with E-state index in [2.05, 4.69) is 53.4 Å². The molecule has 0 aliphatic rings. The van der Waals surface area contributed by atoms with Gasteiger partial charge in [0.1, 0.15) is 0 Å². The third-order valence-corrected chi connectivity index (χ3v) is 4.48. The Morgan fingerprint density at radius 3 is 2.31 bits per heavy atom. The van der Waals surface area contributed by atoms with Gasteiger partial charge in [-0.05, 0) is 46.8 Å². The topological polar surface area (TPSA) is 26.0 Å². The number of nitrogens with two attached hydrogens (primary N) is 1. The average Bonchev–Trinajstić information content (AvgIpc) is 2.62. The maximum absolute atomic E-state index is 6.28. The standard InChI is InChI=1S/C13H14BrNS/c1-8-5-9(2)7-10(6-8)12(15)13-11(14)3-4-16-13/h3-7,12H,15H2,1-2H3. The van der Waals surface area contributed by atoms with Crippen LogP contribution in [0.1, 0.15) is 27.6 Å². The van der Waals surface area contributed by atoms with Crippen molar-refractivity contribution in [2.75, 3.05) is 0 Å². The van der Waals surface area contributed by atoms with Crippen LogP contribution >= 0.6 is 27.3 Å². The summed E-state index contributed by atoms with van der Waals surface area (Å²) in [5, 5.41) is 2.06. The van der Waals surface area contributed by atoms with Crippen LogP contribution in [-0.2, 0) is 0 Å². The van der Waals surface area contributed by atoms with Crippen molar-refractivity contribution in [1.29, 1.82) is 0 Å². The third kappa shape index (κ3) is 2.37. The Kier molecular flexibility index (Phi) is 3.47. The lowest BCUT2D eigenvalue weighted by atomic mass is 10.0. The first-order valence-electron chi connectivity index (χ1n) is 5.14. The molecule has 0 saturated heterocycles. The van der Waals surface area contributed by atoms with Crippen LogP contribution in [0, 0.1) is 13.8 Å². The van der Waals surface area contributed by atoms with Gasteiger partial charge in [0.25, 0.3) is 0 Å². The van der Waals surface area contributed by atoms with E-state index in [1.165, 1.54) is 21.6 Å². The number of hydrogen-bond donors (Lipinski definition) is 1. The van der Waals surface area contributed by atoms with Gasteiger partial charge in [-0.1, -0.05) is 29.3 Å². The molecule has 0 radical (unpaired) electrons. The molecule has 16 heavy (non-hydrogen) atoms. The first-order chi connectivity index (χ1) is 7.58. The quantitative estimate of drug-likeness (QED) is 0.884. The molecule has 1 aromatic heterocycles. The van der Waals surface area contributed by atoms with E-state index in [1.807, 2.05) is 6.07 Å². The minimum atomic E-state index is -0.0343. The molecular weight excluding hydrogens is 282 g/mol. The summed E-state index contributed by atoms with van der Waals surface area (Å²) < 4.78 is 1.10. The zero-order valence-corrected chi connectivity index (χ0v) is 11.7. The summed E-state index contributed by atoms with van der Waals surface area (Å²) in [4.78, 5) is 1.19. The largest absolute Gasteiger partial charge is 0.320 e. The molecule has 1 aromatic carbocycles. The molecule has 1 atom stereocenters. The Hall–Kier alpha value is -0.640. The molecule has 0 bridgehead atoms. The molecule has 0 saturated carbocycles. The molecule has 1 nitrogen and oxygen atoms in total. The summed E-state index contributed by atoms with van der Waals surface area (Å²) in [6.07, 6.45) is 0. The summed E-state index contributed by atoms with van der Waals surface area (Å²) in [6, 6.07) is 8.49. The second kappa shape index (κ2) is 4.70. The van der Waals surface area contributed by atoms with Crippen molar-refractivity contribution in [2.24, 2.45) is 5.73 Å². The van der Waals surface area contributed by atoms with Gasteiger partial charge in [0.15, 0.2) is 0 Å². The summed E-state index contributed by atoms with van der Waals surface area (Å²) in [5.41, 5.74) is 9.99. The minimum absolute atomic E-state index is 0.0343. The van der Waals surface area contributed by atoms with E-state index in [-0.39, 0.29) is 6.04 Å². The predicted molar refractivity (Wildman–Crippen MR) is 74.0 cm³/mol. The van der Waals surface area contributed by atoms with E-state index in [1.54, 1.807) is 11.3 Å². The van der Waals surface area contributed by atoms with Crippen LogP contribution in [-0.4, -0.2) is 0 Å². The lowest BCUT2D eigenvalue weighted by Crippen LogP contribution is -2.11. The molecule has 0 aliphatic carbocycles. The molecule has 0 aliphatic heterocycles. The van der Waals surface area contributed by atoms with E-state index < -0.39 is 0 Å². The van der Waals surface area contributed by atoms with E-state index in [0.717, 1.165) is 4.47 Å². The summed E-state index contributed by atoms with van der Waals surface area (Å²) in [7, 11) is 0. The predicted octanol–water partition coefficient (Wildman–Crippen LogP) is 4.18. The molecule has 2 rings (SSSR count). The highest BCUT2D eigenvalue weighted by Gasteiger charge is 2.13. The minimum Gasteiger partial charge on any atom is -0.320 e. The number of halogens is 1. The molecule has 0 spiro atoms. The molecule has 0 fully saturated rings. The number of thiophene rings is 1. The number of hydrogen-bond acceptors (Lipinski definition) is 2. The number of benzene rings is 1. The maximum atomic E-state index is 6.28. The van der Waals surface area contributed by atoms with Crippen LogP contribution in [0.3, 0.4) is 0 Å². The van der Waals surface area contributed by atoms with Gasteiger partial charge >= 0.3 is 0 Å². The average molecular weight is 296 g/mol. The van der Waals surface area contributed by atoms with Crippen molar-refractivity contribution in [1.82, 2.24) is 0 Å². The normalized spacial score (nSPS) is 12.8. The summed E-state index contributed by atoms with van der Waals surface area (Å²) in [6.45, 7) is 4.21. The van der Waals surface area contributed by atoms with Crippen molar-refractivity contribution < 1.29 is 0 Å². The zero-order chi connectivity index (χ0) is 11.7. The zero-order valence-electron chi connectivity index (χ0n) is 9.33. The second-order valence-electron chi connectivity index (χ2n) is 4.03. The lowest BCUT2D eigenvalue weighted by Gasteiger charge is -2.13. The highest BCUT2D eigenvalue weighted by atomic mass is 79.9. The van der Waals surface area contributed by atoms with E-state index in [4.69, 9.17) is 5.73 Å². The molecular formula is C13H14BrNS. The Morgan fingerprint density at radius 2 is 1.81 bits per heavy atom. The van der Waals surface area contributed by atoms with Crippen molar-refractivity contribution in [3.05, 3.63) is 55.7 Å². The van der Waals surface area contributed by atoms with E-state index in [0.29, 0.717) is 0 Å². The van der Waals surface area contributed by atoms with Gasteiger partial charge in [-0.3, -0.25) is 0 Å². The fraction of sp³-hybridized carbons (Fsp3) is 0.231. The Morgan fingerprint density at radius 1 is 1.19 bits per heavy atom. The highest BCUT2D eigenvalue weighted by Crippen LogP contribution is 2.32. The highest BCUT2D eigenvalue weighted by molar-refractivity contribution is 9.10. The molecule has 1 heterocycles. The van der Waals surface area contributed by atoms with Crippen molar-refractivity contribution in [3.63, 3.8) is 0 Å². The lowest BCUT2D eigenvalue weighted by molar-refractivity contribution is 0.885. The number of rotatable bonds is 2. The third-order valence-electron chi connectivity index (χ3n) is 2.53. The first-order valence-corrected chi connectivity index (χ1v) is 6.82. The maximum Gasteiger partial charge on any atom is 0.0657 e. The Labute approximate surface area is 108 Å². The van der Waals surface area contributed by atoms with Crippen LogP contribution in [0.5, 0.6) is 0 Å². The molecule has 2 N–H and O–H groups in total. The van der Waals surface area contributed by atoms with Gasteiger partial charge in [-0.25, -0.2) is 0 Å².